The van der Waals surface area contributed by atoms with Gasteiger partial charge in [0.15, 0.2) is 0 Å². The van der Waals surface area contributed by atoms with Crippen LogP contribution >= 0.6 is 0 Å². The van der Waals surface area contributed by atoms with E-state index in [1.54, 1.807) is 6.92 Å². The van der Waals surface area contributed by atoms with Gasteiger partial charge < -0.3 is 5.73 Å². The molecule has 1 aromatic carbocycles. The van der Waals surface area contributed by atoms with E-state index in [4.69, 9.17) is 5.73 Å². The van der Waals surface area contributed by atoms with Crippen molar-refractivity contribution in [2.75, 3.05) is 24.3 Å². The van der Waals surface area contributed by atoms with Gasteiger partial charge in [0.05, 0.1) is 0 Å². The zero-order chi connectivity index (χ0) is 14.6. The summed E-state index contributed by atoms with van der Waals surface area (Å²) in [5, 5.41) is 0. The minimum Gasteiger partial charge on any atom is -0.398 e. The van der Waals surface area contributed by atoms with Gasteiger partial charge in [0.25, 0.3) is 0 Å². The monoisotopic (exact) mass is 308 g/mol. The number of nitrogens with two attached hydrogens (primary N) is 1. The summed E-state index contributed by atoms with van der Waals surface area (Å²) in [6, 6.07) is 2.19. The van der Waals surface area contributed by atoms with E-state index in [0.717, 1.165) is 12.1 Å². The third kappa shape index (κ3) is 4.55. The Morgan fingerprint density at radius 3 is 2.63 bits per heavy atom. The van der Waals surface area contributed by atoms with E-state index in [-0.39, 0.29) is 12.2 Å². The molecule has 8 heteroatoms. The van der Waals surface area contributed by atoms with E-state index in [1.807, 2.05) is 0 Å². The lowest BCUT2D eigenvalue weighted by Crippen LogP contribution is -2.26. The Balaban J connectivity index is 2.83. The Bertz CT molecular complexity index is 588. The Morgan fingerprint density at radius 2 is 2.05 bits per heavy atom. The molecule has 0 aliphatic carbocycles. The minimum atomic E-state index is -3.93. The standard InChI is InChI=1S/C11H17FN2O3S2/c1-8-6-9(12)11(7-10(8)13)19(16,17)14-4-3-5-18(2)15/h6-7,14H,3-5,13H2,1-2H3. The number of nitrogen functional groups attached to an aromatic ring is 1. The van der Waals surface area contributed by atoms with Crippen LogP contribution in [-0.2, 0) is 20.8 Å². The van der Waals surface area contributed by atoms with Crippen molar-refractivity contribution in [2.45, 2.75) is 18.2 Å². The van der Waals surface area contributed by atoms with Gasteiger partial charge in [-0.25, -0.2) is 17.5 Å². The summed E-state index contributed by atoms with van der Waals surface area (Å²) >= 11 is 0. The topological polar surface area (TPSA) is 89.3 Å². The first-order valence-electron chi connectivity index (χ1n) is 5.59. The molecule has 0 aliphatic heterocycles. The van der Waals surface area contributed by atoms with Crippen molar-refractivity contribution >= 4 is 26.5 Å². The molecule has 1 unspecified atom stereocenters. The maximum atomic E-state index is 13.6. The summed E-state index contributed by atoms with van der Waals surface area (Å²) in [4.78, 5) is -0.465. The molecular formula is C11H17FN2O3S2. The molecule has 1 atom stereocenters. The quantitative estimate of drug-likeness (QED) is 0.600. The van der Waals surface area contributed by atoms with Gasteiger partial charge in [-0.2, -0.15) is 0 Å². The van der Waals surface area contributed by atoms with Crippen LogP contribution < -0.4 is 10.5 Å². The van der Waals surface area contributed by atoms with Crippen LogP contribution in [0.4, 0.5) is 10.1 Å². The Kier molecular flexibility index (Phi) is 5.45. The number of sulfonamides is 1. The van der Waals surface area contributed by atoms with Crippen molar-refractivity contribution in [3.63, 3.8) is 0 Å². The van der Waals surface area contributed by atoms with Crippen molar-refractivity contribution in [1.82, 2.24) is 4.72 Å². The minimum absolute atomic E-state index is 0.106. The summed E-state index contributed by atoms with van der Waals surface area (Å²) in [5.74, 6) is -0.445. The molecule has 0 heterocycles. The molecule has 0 amide bonds. The summed E-state index contributed by atoms with van der Waals surface area (Å²) in [6.45, 7) is 1.70. The number of halogens is 1. The van der Waals surface area contributed by atoms with Crippen LogP contribution in [0.2, 0.25) is 0 Å². The highest BCUT2D eigenvalue weighted by Crippen LogP contribution is 2.21. The molecule has 0 aliphatic rings. The normalized spacial score (nSPS) is 13.4. The molecule has 0 fully saturated rings. The number of aryl methyl sites for hydroxylation is 1. The van der Waals surface area contributed by atoms with E-state index in [1.165, 1.54) is 6.26 Å². The largest absolute Gasteiger partial charge is 0.398 e. The lowest BCUT2D eigenvalue weighted by molar-refractivity contribution is 0.556. The number of anilines is 1. The molecule has 5 nitrogen and oxygen atoms in total. The predicted octanol–water partition coefficient (Wildman–Crippen LogP) is 0.763. The van der Waals surface area contributed by atoms with E-state index in [9.17, 15) is 17.0 Å². The molecule has 3 N–H and O–H groups in total. The molecule has 0 saturated heterocycles. The molecule has 1 aromatic rings. The lowest BCUT2D eigenvalue weighted by atomic mass is 10.2. The highest BCUT2D eigenvalue weighted by molar-refractivity contribution is 7.89. The molecule has 0 saturated carbocycles. The van der Waals surface area contributed by atoms with Crippen LogP contribution in [0.5, 0.6) is 0 Å². The number of hydrogen-bond donors (Lipinski definition) is 2. The van der Waals surface area contributed by atoms with Crippen LogP contribution in [-0.4, -0.2) is 31.2 Å². The fourth-order valence-electron chi connectivity index (χ4n) is 1.43. The second-order valence-corrected chi connectivity index (χ2v) is 7.46. The molecular weight excluding hydrogens is 291 g/mol. The number of hydrogen-bond acceptors (Lipinski definition) is 4. The van der Waals surface area contributed by atoms with E-state index in [0.29, 0.717) is 17.7 Å². The van der Waals surface area contributed by atoms with Gasteiger partial charge in [0.1, 0.15) is 10.7 Å². The average molecular weight is 308 g/mol. The van der Waals surface area contributed by atoms with Crippen LogP contribution in [0.3, 0.4) is 0 Å². The SMILES string of the molecule is Cc1cc(F)c(S(=O)(=O)NCCCS(C)=O)cc1N. The maximum Gasteiger partial charge on any atom is 0.243 e. The molecule has 1 rings (SSSR count). The van der Waals surface area contributed by atoms with Crippen LogP contribution in [0.1, 0.15) is 12.0 Å². The first-order valence-corrected chi connectivity index (χ1v) is 8.80. The smallest absolute Gasteiger partial charge is 0.243 e. The highest BCUT2D eigenvalue weighted by atomic mass is 32.2. The zero-order valence-electron chi connectivity index (χ0n) is 10.8. The highest BCUT2D eigenvalue weighted by Gasteiger charge is 2.19. The Morgan fingerprint density at radius 1 is 1.42 bits per heavy atom. The summed E-state index contributed by atoms with van der Waals surface area (Å²) in [6.07, 6.45) is 1.96. The van der Waals surface area contributed by atoms with Gasteiger partial charge in [0, 0.05) is 35.0 Å². The van der Waals surface area contributed by atoms with Gasteiger partial charge >= 0.3 is 0 Å². The molecule has 0 aromatic heterocycles. The van der Waals surface area contributed by atoms with Crippen molar-refractivity contribution in [2.24, 2.45) is 0 Å². The lowest BCUT2D eigenvalue weighted by Gasteiger charge is -2.09. The number of rotatable bonds is 6. The van der Waals surface area contributed by atoms with Crippen molar-refractivity contribution in [3.05, 3.63) is 23.5 Å². The molecule has 0 spiro atoms. The number of benzene rings is 1. The second kappa shape index (κ2) is 6.44. The van der Waals surface area contributed by atoms with Crippen molar-refractivity contribution in [1.29, 1.82) is 0 Å². The average Bonchev–Trinajstić information content (AvgIpc) is 2.29. The molecule has 0 radical (unpaired) electrons. The third-order valence-corrected chi connectivity index (χ3v) is 4.85. The van der Waals surface area contributed by atoms with Gasteiger partial charge in [-0.1, -0.05) is 0 Å². The molecule has 0 bridgehead atoms. The first kappa shape index (κ1) is 16.1. The van der Waals surface area contributed by atoms with Crippen molar-refractivity contribution in [3.8, 4) is 0 Å². The van der Waals surface area contributed by atoms with Crippen molar-refractivity contribution < 1.29 is 17.0 Å². The third-order valence-electron chi connectivity index (χ3n) is 2.51. The maximum absolute atomic E-state index is 13.6. The summed E-state index contributed by atoms with van der Waals surface area (Å²) < 4.78 is 50.5. The van der Waals surface area contributed by atoms with E-state index in [2.05, 4.69) is 4.72 Å². The fourth-order valence-corrected chi connectivity index (χ4v) is 3.15. The summed E-state index contributed by atoms with van der Waals surface area (Å²) in [5.41, 5.74) is 6.28. The Hall–Kier alpha value is -0.990. The molecule has 19 heavy (non-hydrogen) atoms. The van der Waals surface area contributed by atoms with Gasteiger partial charge in [-0.15, -0.1) is 0 Å². The Labute approximate surface area is 114 Å². The van der Waals surface area contributed by atoms with E-state index < -0.39 is 31.5 Å². The predicted molar refractivity (Wildman–Crippen MR) is 74.3 cm³/mol. The first-order chi connectivity index (χ1) is 8.74. The van der Waals surface area contributed by atoms with Gasteiger partial charge in [-0.05, 0) is 31.0 Å². The van der Waals surface area contributed by atoms with Crippen LogP contribution in [0.15, 0.2) is 17.0 Å². The second-order valence-electron chi connectivity index (χ2n) is 4.17. The molecule has 108 valence electrons. The van der Waals surface area contributed by atoms with Crippen LogP contribution in [0.25, 0.3) is 0 Å². The summed E-state index contributed by atoms with van der Waals surface area (Å²) in [7, 11) is -4.91. The zero-order valence-corrected chi connectivity index (χ0v) is 12.4. The number of nitrogens with one attached hydrogen (secondary N) is 1. The fraction of sp³-hybridized carbons (Fsp3) is 0.455. The van der Waals surface area contributed by atoms with Gasteiger partial charge in [-0.3, -0.25) is 4.21 Å². The van der Waals surface area contributed by atoms with E-state index >= 15 is 0 Å². The van der Waals surface area contributed by atoms with Gasteiger partial charge in [0.2, 0.25) is 10.0 Å². The van der Waals surface area contributed by atoms with Crippen LogP contribution in [0, 0.1) is 12.7 Å².